The first-order valence-corrected chi connectivity index (χ1v) is 11.9. The normalized spacial score (nSPS) is 18.6. The van der Waals surface area contributed by atoms with Crippen molar-refractivity contribution in [2.45, 2.75) is 32.4 Å². The summed E-state index contributed by atoms with van der Waals surface area (Å²) in [6, 6.07) is 13.8. The summed E-state index contributed by atoms with van der Waals surface area (Å²) in [5.41, 5.74) is 1.54. The maximum absolute atomic E-state index is 13.0. The zero-order valence-electron chi connectivity index (χ0n) is 17.3. The SMILES string of the molecule is Cc1oc2cc(O[C@H](C)C(=O)N[C@H]3CCS(=O)(=O)C3)ccc2c(=O)c1-c1ccccc1. The fraction of sp³-hybridized carbons (Fsp3) is 0.304. The van der Waals surface area contributed by atoms with Crippen LogP contribution in [0.2, 0.25) is 0 Å². The van der Waals surface area contributed by atoms with Crippen LogP contribution in [0, 0.1) is 6.92 Å². The third-order valence-electron chi connectivity index (χ3n) is 5.36. The van der Waals surface area contributed by atoms with Crippen LogP contribution in [0.1, 0.15) is 19.1 Å². The average molecular weight is 442 g/mol. The van der Waals surface area contributed by atoms with Crippen LogP contribution in [-0.2, 0) is 14.6 Å². The first kappa shape index (κ1) is 21.1. The van der Waals surface area contributed by atoms with Gasteiger partial charge in [0.05, 0.1) is 22.5 Å². The van der Waals surface area contributed by atoms with Crippen molar-refractivity contribution in [1.82, 2.24) is 5.32 Å². The molecule has 1 N–H and O–H groups in total. The van der Waals surface area contributed by atoms with Crippen molar-refractivity contribution in [3.05, 3.63) is 64.5 Å². The number of carbonyl (C=O) groups is 1. The number of rotatable bonds is 5. The van der Waals surface area contributed by atoms with E-state index in [2.05, 4.69) is 5.32 Å². The largest absolute Gasteiger partial charge is 0.481 e. The van der Waals surface area contributed by atoms with E-state index in [0.717, 1.165) is 5.56 Å². The van der Waals surface area contributed by atoms with Gasteiger partial charge in [0.15, 0.2) is 15.9 Å². The van der Waals surface area contributed by atoms with Crippen molar-refractivity contribution < 1.29 is 22.4 Å². The van der Waals surface area contributed by atoms with Gasteiger partial charge in [0, 0.05) is 12.1 Å². The molecule has 162 valence electrons. The van der Waals surface area contributed by atoms with E-state index in [1.54, 1.807) is 32.0 Å². The van der Waals surface area contributed by atoms with Gasteiger partial charge in [-0.1, -0.05) is 30.3 Å². The van der Waals surface area contributed by atoms with Crippen molar-refractivity contribution in [3.63, 3.8) is 0 Å². The molecule has 0 bridgehead atoms. The molecule has 1 aromatic heterocycles. The standard InChI is InChI=1S/C23H23NO6S/c1-14-21(16-6-4-3-5-7-16)22(25)19-9-8-18(12-20(19)30-14)29-15(2)23(26)24-17-10-11-31(27,28)13-17/h3-9,12,15,17H,10-11,13H2,1-2H3,(H,24,26)/t15-,17+/m1/s1. The van der Waals surface area contributed by atoms with Gasteiger partial charge in [-0.15, -0.1) is 0 Å². The van der Waals surface area contributed by atoms with E-state index in [-0.39, 0.29) is 22.8 Å². The van der Waals surface area contributed by atoms with E-state index >= 15 is 0 Å². The van der Waals surface area contributed by atoms with Crippen molar-refractivity contribution >= 4 is 26.7 Å². The summed E-state index contributed by atoms with van der Waals surface area (Å²) >= 11 is 0. The Bertz CT molecular complexity index is 1300. The van der Waals surface area contributed by atoms with Crippen molar-refractivity contribution in [3.8, 4) is 16.9 Å². The lowest BCUT2D eigenvalue weighted by Crippen LogP contribution is -2.43. The molecule has 1 aliphatic rings. The average Bonchev–Trinajstić information content (AvgIpc) is 3.06. The summed E-state index contributed by atoms with van der Waals surface area (Å²) in [5.74, 6) is 0.522. The zero-order valence-corrected chi connectivity index (χ0v) is 18.1. The first-order chi connectivity index (χ1) is 14.7. The Labute approximate surface area is 180 Å². The lowest BCUT2D eigenvalue weighted by Gasteiger charge is -2.17. The van der Waals surface area contributed by atoms with E-state index in [1.165, 1.54) is 0 Å². The number of sulfone groups is 1. The van der Waals surface area contributed by atoms with Gasteiger partial charge in [0.1, 0.15) is 17.1 Å². The number of hydrogen-bond acceptors (Lipinski definition) is 6. The fourth-order valence-electron chi connectivity index (χ4n) is 3.78. The molecule has 0 unspecified atom stereocenters. The topological polar surface area (TPSA) is 103 Å². The molecule has 3 aromatic rings. The molecule has 7 nitrogen and oxygen atoms in total. The highest BCUT2D eigenvalue weighted by Crippen LogP contribution is 2.26. The Kier molecular flexibility index (Phi) is 5.58. The third-order valence-corrected chi connectivity index (χ3v) is 7.13. The van der Waals surface area contributed by atoms with E-state index in [9.17, 15) is 18.0 Å². The van der Waals surface area contributed by atoms with Crippen LogP contribution in [0.25, 0.3) is 22.1 Å². The Morgan fingerprint density at radius 3 is 2.61 bits per heavy atom. The third kappa shape index (κ3) is 4.49. The minimum atomic E-state index is -3.08. The van der Waals surface area contributed by atoms with Gasteiger partial charge in [-0.05, 0) is 38.0 Å². The Morgan fingerprint density at radius 2 is 1.94 bits per heavy atom. The number of ether oxygens (including phenoxy) is 1. The van der Waals surface area contributed by atoms with Crippen LogP contribution in [0.4, 0.5) is 0 Å². The van der Waals surface area contributed by atoms with Crippen LogP contribution in [0.15, 0.2) is 57.7 Å². The Morgan fingerprint density at radius 1 is 1.19 bits per heavy atom. The molecular weight excluding hydrogens is 418 g/mol. The molecule has 0 aliphatic carbocycles. The lowest BCUT2D eigenvalue weighted by molar-refractivity contribution is -0.127. The second kappa shape index (κ2) is 8.19. The highest BCUT2D eigenvalue weighted by molar-refractivity contribution is 7.91. The number of fused-ring (bicyclic) bond motifs is 1. The van der Waals surface area contributed by atoms with Gasteiger partial charge in [0.25, 0.3) is 5.91 Å². The highest BCUT2D eigenvalue weighted by atomic mass is 32.2. The van der Waals surface area contributed by atoms with E-state index in [1.807, 2.05) is 30.3 Å². The van der Waals surface area contributed by atoms with Gasteiger partial charge in [-0.2, -0.15) is 0 Å². The Balaban J connectivity index is 1.54. The van der Waals surface area contributed by atoms with E-state index < -0.39 is 22.0 Å². The molecule has 1 fully saturated rings. The monoisotopic (exact) mass is 441 g/mol. The highest BCUT2D eigenvalue weighted by Gasteiger charge is 2.30. The molecule has 8 heteroatoms. The van der Waals surface area contributed by atoms with Gasteiger partial charge in [0.2, 0.25) is 5.43 Å². The predicted octanol–water partition coefficient (Wildman–Crippen LogP) is 2.84. The van der Waals surface area contributed by atoms with E-state index in [0.29, 0.717) is 34.5 Å². The predicted molar refractivity (Wildman–Crippen MR) is 118 cm³/mol. The second-order valence-electron chi connectivity index (χ2n) is 7.75. The van der Waals surface area contributed by atoms with Crippen LogP contribution in [0.3, 0.4) is 0 Å². The fourth-order valence-corrected chi connectivity index (χ4v) is 5.46. The van der Waals surface area contributed by atoms with Gasteiger partial charge < -0.3 is 14.5 Å². The summed E-state index contributed by atoms with van der Waals surface area (Å²) in [6.07, 6.45) is -0.428. The molecule has 2 heterocycles. The zero-order chi connectivity index (χ0) is 22.2. The minimum absolute atomic E-state index is 0.0460. The van der Waals surface area contributed by atoms with Crippen LogP contribution >= 0.6 is 0 Å². The number of hydrogen-bond donors (Lipinski definition) is 1. The molecule has 1 aliphatic heterocycles. The lowest BCUT2D eigenvalue weighted by atomic mass is 10.0. The number of benzene rings is 2. The maximum Gasteiger partial charge on any atom is 0.261 e. The summed E-state index contributed by atoms with van der Waals surface area (Å²) < 4.78 is 34.7. The smallest absolute Gasteiger partial charge is 0.261 e. The number of nitrogens with one attached hydrogen (secondary N) is 1. The van der Waals surface area contributed by atoms with Crippen LogP contribution in [-0.4, -0.2) is 38.0 Å². The van der Waals surface area contributed by atoms with Crippen molar-refractivity contribution in [1.29, 1.82) is 0 Å². The molecule has 31 heavy (non-hydrogen) atoms. The first-order valence-electron chi connectivity index (χ1n) is 10.0. The van der Waals surface area contributed by atoms with Gasteiger partial charge in [-0.25, -0.2) is 8.42 Å². The molecule has 0 saturated carbocycles. The molecule has 2 aromatic carbocycles. The molecule has 1 amide bonds. The molecule has 1 saturated heterocycles. The van der Waals surface area contributed by atoms with Crippen LogP contribution in [0.5, 0.6) is 5.75 Å². The van der Waals surface area contributed by atoms with Gasteiger partial charge in [-0.3, -0.25) is 9.59 Å². The number of amides is 1. The van der Waals surface area contributed by atoms with Crippen molar-refractivity contribution in [2.24, 2.45) is 0 Å². The van der Waals surface area contributed by atoms with E-state index in [4.69, 9.17) is 9.15 Å². The molecule has 0 spiro atoms. The van der Waals surface area contributed by atoms with Crippen LogP contribution < -0.4 is 15.5 Å². The summed E-state index contributed by atoms with van der Waals surface area (Å²) in [6.45, 7) is 3.32. The number of carbonyl (C=O) groups excluding carboxylic acids is 1. The maximum atomic E-state index is 13.0. The minimum Gasteiger partial charge on any atom is -0.481 e. The Hall–Kier alpha value is -3.13. The molecule has 2 atom stereocenters. The summed E-state index contributed by atoms with van der Waals surface area (Å²) in [4.78, 5) is 25.4. The molecular formula is C23H23NO6S. The summed E-state index contributed by atoms with van der Waals surface area (Å²) in [5, 5.41) is 3.14. The van der Waals surface area contributed by atoms with Gasteiger partial charge >= 0.3 is 0 Å². The molecule has 4 rings (SSSR count). The number of aryl methyl sites for hydroxylation is 1. The quantitative estimate of drug-likeness (QED) is 0.653. The molecule has 0 radical (unpaired) electrons. The van der Waals surface area contributed by atoms with Crippen molar-refractivity contribution in [2.75, 3.05) is 11.5 Å². The second-order valence-corrected chi connectivity index (χ2v) is 9.98. The summed E-state index contributed by atoms with van der Waals surface area (Å²) in [7, 11) is -3.08.